The number of nitrogens with two attached hydrogens (primary N) is 1. The fourth-order valence-electron chi connectivity index (χ4n) is 3.64. The number of aromatic amines is 1. The lowest BCUT2D eigenvalue weighted by atomic mass is 10.0. The molecule has 3 amide bonds. The molecule has 5 N–H and O–H groups in total. The van der Waals surface area contributed by atoms with Crippen LogP contribution >= 0.6 is 0 Å². The third-order valence-corrected chi connectivity index (χ3v) is 5.25. The number of imidazole rings is 1. The van der Waals surface area contributed by atoms with Crippen LogP contribution in [-0.4, -0.2) is 51.5 Å². The standard InChI is InChI=1S/C23H30N6O4/c1-13(2)8-18(22(31)27-17(21(24)30)9-14-11-29(3)12-25-14)28-23(32)19-10-15-16(26-19)6-5-7-20(15)33-4/h5-7,10-13,17-18,26H,8-9H2,1-4H3,(H2,24,30)(H,27,31)(H,28,32)/t17-,18?/m0/s1. The summed E-state index contributed by atoms with van der Waals surface area (Å²) in [4.78, 5) is 45.2. The molecule has 0 spiro atoms. The number of carbonyl (C=O) groups is 3. The van der Waals surface area contributed by atoms with E-state index in [9.17, 15) is 14.4 Å². The lowest BCUT2D eigenvalue weighted by Gasteiger charge is -2.22. The zero-order valence-electron chi connectivity index (χ0n) is 19.2. The second kappa shape index (κ2) is 10.2. The summed E-state index contributed by atoms with van der Waals surface area (Å²) in [5.41, 5.74) is 7.18. The van der Waals surface area contributed by atoms with Gasteiger partial charge < -0.3 is 30.7 Å². The number of H-pyrrole nitrogens is 1. The Balaban J connectivity index is 1.75. The molecule has 3 aromatic rings. The number of fused-ring (bicyclic) bond motifs is 1. The van der Waals surface area contributed by atoms with Gasteiger partial charge in [0.25, 0.3) is 5.91 Å². The van der Waals surface area contributed by atoms with E-state index in [2.05, 4.69) is 20.6 Å². The molecule has 2 heterocycles. The van der Waals surface area contributed by atoms with Crippen LogP contribution in [0.4, 0.5) is 0 Å². The number of methoxy groups -OCH3 is 1. The zero-order chi connectivity index (χ0) is 24.1. The minimum atomic E-state index is -0.948. The molecular formula is C23H30N6O4. The van der Waals surface area contributed by atoms with Crippen molar-refractivity contribution >= 4 is 28.6 Å². The average Bonchev–Trinajstić information content (AvgIpc) is 3.38. The molecule has 0 aliphatic rings. The molecule has 10 nitrogen and oxygen atoms in total. The van der Waals surface area contributed by atoms with E-state index in [1.807, 2.05) is 33.0 Å². The molecule has 1 aromatic carbocycles. The zero-order valence-corrected chi connectivity index (χ0v) is 19.2. The second-order valence-corrected chi connectivity index (χ2v) is 8.46. The fourth-order valence-corrected chi connectivity index (χ4v) is 3.64. The smallest absolute Gasteiger partial charge is 0.268 e. The van der Waals surface area contributed by atoms with Crippen LogP contribution in [0.3, 0.4) is 0 Å². The number of rotatable bonds is 10. The highest BCUT2D eigenvalue weighted by Crippen LogP contribution is 2.26. The molecule has 0 aliphatic heterocycles. The maximum absolute atomic E-state index is 13.0. The van der Waals surface area contributed by atoms with E-state index in [1.54, 1.807) is 36.3 Å². The van der Waals surface area contributed by atoms with E-state index in [1.165, 1.54) is 0 Å². The molecule has 2 aromatic heterocycles. The first-order valence-electron chi connectivity index (χ1n) is 10.7. The van der Waals surface area contributed by atoms with Crippen LogP contribution in [0, 0.1) is 5.92 Å². The molecule has 0 saturated carbocycles. The van der Waals surface area contributed by atoms with E-state index in [0.29, 0.717) is 23.6 Å². The van der Waals surface area contributed by atoms with Crippen LogP contribution in [0.25, 0.3) is 10.9 Å². The molecular weight excluding hydrogens is 424 g/mol. The maximum Gasteiger partial charge on any atom is 0.268 e. The van der Waals surface area contributed by atoms with Crippen LogP contribution in [0.2, 0.25) is 0 Å². The maximum atomic E-state index is 13.0. The van der Waals surface area contributed by atoms with Crippen molar-refractivity contribution in [2.45, 2.75) is 38.8 Å². The summed E-state index contributed by atoms with van der Waals surface area (Å²) >= 11 is 0. The number of nitrogens with one attached hydrogen (secondary N) is 3. The molecule has 3 rings (SSSR count). The van der Waals surface area contributed by atoms with Gasteiger partial charge in [0.1, 0.15) is 23.5 Å². The van der Waals surface area contributed by atoms with E-state index in [-0.39, 0.29) is 12.3 Å². The minimum Gasteiger partial charge on any atom is -0.496 e. The Morgan fingerprint density at radius 1 is 1.21 bits per heavy atom. The van der Waals surface area contributed by atoms with E-state index >= 15 is 0 Å². The Hall–Kier alpha value is -3.82. The van der Waals surface area contributed by atoms with Gasteiger partial charge in [-0.3, -0.25) is 14.4 Å². The van der Waals surface area contributed by atoms with Crippen LogP contribution in [-0.2, 0) is 23.1 Å². The van der Waals surface area contributed by atoms with Crippen molar-refractivity contribution in [2.24, 2.45) is 18.7 Å². The fraction of sp³-hybridized carbons (Fsp3) is 0.391. The first-order valence-corrected chi connectivity index (χ1v) is 10.7. The molecule has 0 radical (unpaired) electrons. The molecule has 1 unspecified atom stereocenters. The first kappa shape index (κ1) is 23.8. The summed E-state index contributed by atoms with van der Waals surface area (Å²) in [6, 6.07) is 5.34. The van der Waals surface area contributed by atoms with Crippen LogP contribution in [0.5, 0.6) is 5.75 Å². The number of ether oxygens (including phenoxy) is 1. The molecule has 0 saturated heterocycles. The summed E-state index contributed by atoms with van der Waals surface area (Å²) in [6.45, 7) is 3.89. The van der Waals surface area contributed by atoms with Gasteiger partial charge in [0.2, 0.25) is 11.8 Å². The predicted octanol–water partition coefficient (Wildman–Crippen LogP) is 1.27. The molecule has 10 heteroatoms. The molecule has 0 bridgehead atoms. The summed E-state index contributed by atoms with van der Waals surface area (Å²) in [7, 11) is 3.37. The van der Waals surface area contributed by atoms with Crippen LogP contribution in [0.15, 0.2) is 36.8 Å². The second-order valence-electron chi connectivity index (χ2n) is 8.46. The number of nitrogens with zero attached hydrogens (tertiary/aromatic N) is 2. The number of benzene rings is 1. The van der Waals surface area contributed by atoms with Gasteiger partial charge in [0.15, 0.2) is 0 Å². The van der Waals surface area contributed by atoms with E-state index in [4.69, 9.17) is 10.5 Å². The number of primary amides is 1. The Kier molecular flexibility index (Phi) is 7.37. The van der Waals surface area contributed by atoms with E-state index < -0.39 is 29.8 Å². The Morgan fingerprint density at radius 2 is 1.97 bits per heavy atom. The number of aromatic nitrogens is 3. The largest absolute Gasteiger partial charge is 0.496 e. The first-order chi connectivity index (χ1) is 15.7. The SMILES string of the molecule is COc1cccc2[nH]c(C(=O)NC(CC(C)C)C(=O)N[C@@H](Cc3cn(C)cn3)C(N)=O)cc12. The summed E-state index contributed by atoms with van der Waals surface area (Å²) in [5, 5.41) is 6.22. The summed E-state index contributed by atoms with van der Waals surface area (Å²) < 4.78 is 7.09. The van der Waals surface area contributed by atoms with Crippen molar-refractivity contribution in [2.75, 3.05) is 7.11 Å². The Bertz CT molecular complexity index is 1150. The van der Waals surface area contributed by atoms with Gasteiger partial charge in [0, 0.05) is 30.6 Å². The summed E-state index contributed by atoms with van der Waals surface area (Å²) in [6.07, 6.45) is 3.90. The highest BCUT2D eigenvalue weighted by Gasteiger charge is 2.28. The van der Waals surface area contributed by atoms with Gasteiger partial charge >= 0.3 is 0 Å². The minimum absolute atomic E-state index is 0.117. The third-order valence-electron chi connectivity index (χ3n) is 5.25. The lowest BCUT2D eigenvalue weighted by Crippen LogP contribution is -2.54. The number of amides is 3. The molecule has 176 valence electrons. The van der Waals surface area contributed by atoms with Crippen molar-refractivity contribution in [1.29, 1.82) is 0 Å². The van der Waals surface area contributed by atoms with E-state index in [0.717, 1.165) is 10.9 Å². The van der Waals surface area contributed by atoms with Gasteiger partial charge in [-0.2, -0.15) is 0 Å². The van der Waals surface area contributed by atoms with Gasteiger partial charge in [-0.15, -0.1) is 0 Å². The van der Waals surface area contributed by atoms with Gasteiger partial charge in [-0.1, -0.05) is 19.9 Å². The number of hydrogen-bond acceptors (Lipinski definition) is 5. The van der Waals surface area contributed by atoms with Crippen molar-refractivity contribution in [3.05, 3.63) is 48.2 Å². The highest BCUT2D eigenvalue weighted by atomic mass is 16.5. The Morgan fingerprint density at radius 3 is 2.58 bits per heavy atom. The normalized spacial score (nSPS) is 13.0. The highest BCUT2D eigenvalue weighted by molar-refractivity contribution is 6.01. The number of carbonyl (C=O) groups excluding carboxylic acids is 3. The predicted molar refractivity (Wildman–Crippen MR) is 124 cm³/mol. The topological polar surface area (TPSA) is 144 Å². The molecule has 0 aliphatic carbocycles. The molecule has 2 atom stereocenters. The molecule has 33 heavy (non-hydrogen) atoms. The van der Waals surface area contributed by atoms with Crippen molar-refractivity contribution in [1.82, 2.24) is 25.2 Å². The lowest BCUT2D eigenvalue weighted by molar-refractivity contribution is -0.128. The Labute approximate surface area is 191 Å². The monoisotopic (exact) mass is 454 g/mol. The van der Waals surface area contributed by atoms with Gasteiger partial charge in [0.05, 0.1) is 19.1 Å². The molecule has 0 fully saturated rings. The number of aryl methyl sites for hydroxylation is 1. The van der Waals surface area contributed by atoms with Gasteiger partial charge in [-0.25, -0.2) is 4.98 Å². The van der Waals surface area contributed by atoms with Crippen LogP contribution < -0.4 is 21.1 Å². The van der Waals surface area contributed by atoms with Crippen LogP contribution in [0.1, 0.15) is 36.5 Å². The third kappa shape index (κ3) is 5.91. The number of hydrogen-bond donors (Lipinski definition) is 4. The summed E-state index contributed by atoms with van der Waals surface area (Å²) in [5.74, 6) is -0.837. The van der Waals surface area contributed by atoms with Crippen molar-refractivity contribution in [3.8, 4) is 5.75 Å². The van der Waals surface area contributed by atoms with Crippen molar-refractivity contribution in [3.63, 3.8) is 0 Å². The van der Waals surface area contributed by atoms with Gasteiger partial charge in [-0.05, 0) is 30.5 Å². The average molecular weight is 455 g/mol. The quantitative estimate of drug-likeness (QED) is 0.365. The van der Waals surface area contributed by atoms with Crippen molar-refractivity contribution < 1.29 is 19.1 Å².